The Labute approximate surface area is 54.8 Å². The third-order valence-electron chi connectivity index (χ3n) is 0.903. The summed E-state index contributed by atoms with van der Waals surface area (Å²) in [7, 11) is 0. The summed E-state index contributed by atoms with van der Waals surface area (Å²) in [6.45, 7) is 0.888. The van der Waals surface area contributed by atoms with Crippen LogP contribution in [0.5, 0.6) is 0 Å². The van der Waals surface area contributed by atoms with Crippen LogP contribution in [0, 0.1) is 0 Å². The second kappa shape index (κ2) is 3.12. The van der Waals surface area contributed by atoms with E-state index in [1.54, 1.807) is 0 Å². The van der Waals surface area contributed by atoms with Gasteiger partial charge >= 0.3 is 18.9 Å². The van der Waals surface area contributed by atoms with E-state index in [2.05, 4.69) is 5.32 Å². The summed E-state index contributed by atoms with van der Waals surface area (Å²) < 4.78 is 0. The molecule has 1 amide bonds. The Hall–Kier alpha value is 0.0674. The molecule has 1 N–H and O–H groups in total. The number of nitrogens with one attached hydrogen (secondary N) is 1. The van der Waals surface area contributed by atoms with Crippen LogP contribution in [-0.2, 0) is 4.79 Å². The van der Waals surface area contributed by atoms with E-state index < -0.39 is 0 Å². The summed E-state index contributed by atoms with van der Waals surface area (Å²) in [6.07, 6.45) is 1.76. The summed E-state index contributed by atoms with van der Waals surface area (Å²) >= 11 is 0. The van der Waals surface area contributed by atoms with Gasteiger partial charge < -0.3 is 5.32 Å². The first-order valence-electron chi connectivity index (χ1n) is 2.16. The first kappa shape index (κ1) is 7.07. The van der Waals surface area contributed by atoms with Crippen LogP contribution in [0.2, 0.25) is 0 Å². The molecule has 1 saturated heterocycles. The number of amides is 1. The molecule has 0 saturated carbocycles. The molecule has 1 aliphatic rings. The van der Waals surface area contributed by atoms with E-state index in [0.717, 1.165) is 19.4 Å². The summed E-state index contributed by atoms with van der Waals surface area (Å²) in [5.74, 6) is 0.204. The molecule has 7 heavy (non-hydrogen) atoms. The Morgan fingerprint density at radius 2 is 2.29 bits per heavy atom. The van der Waals surface area contributed by atoms with Crippen molar-refractivity contribution in [1.29, 1.82) is 0 Å². The number of carbonyl (C=O) groups is 1. The molecular weight excluding hydrogens is 85.0 g/mol. The molecule has 1 fully saturated rings. The van der Waals surface area contributed by atoms with E-state index in [0.29, 0.717) is 0 Å². The summed E-state index contributed by atoms with van der Waals surface area (Å²) in [6, 6.07) is 0. The molecule has 1 aliphatic heterocycles. The fourth-order valence-corrected chi connectivity index (χ4v) is 0.565. The van der Waals surface area contributed by atoms with Crippen LogP contribution >= 0.6 is 0 Å². The third-order valence-corrected chi connectivity index (χ3v) is 0.903. The van der Waals surface area contributed by atoms with Crippen molar-refractivity contribution in [1.82, 2.24) is 5.32 Å². The average Bonchev–Trinajstić information content (AvgIpc) is 1.86. The van der Waals surface area contributed by atoms with Crippen molar-refractivity contribution in [2.45, 2.75) is 12.8 Å². The zero-order chi connectivity index (χ0) is 4.41. The van der Waals surface area contributed by atoms with Crippen molar-refractivity contribution in [2.75, 3.05) is 6.54 Å². The van der Waals surface area contributed by atoms with Gasteiger partial charge in [-0.15, -0.1) is 0 Å². The van der Waals surface area contributed by atoms with Gasteiger partial charge in [-0.1, -0.05) is 0 Å². The van der Waals surface area contributed by atoms with Gasteiger partial charge in [-0.3, -0.25) is 4.79 Å². The molecule has 0 aromatic heterocycles. The van der Waals surface area contributed by atoms with Crippen molar-refractivity contribution >= 4 is 24.8 Å². The van der Waals surface area contributed by atoms with Gasteiger partial charge in [0.2, 0.25) is 5.91 Å². The molecule has 0 unspecified atom stereocenters. The first-order valence-corrected chi connectivity index (χ1v) is 2.16. The van der Waals surface area contributed by atoms with Crippen molar-refractivity contribution in [3.05, 3.63) is 0 Å². The topological polar surface area (TPSA) is 29.1 Å². The molecule has 1 heterocycles. The fourth-order valence-electron chi connectivity index (χ4n) is 0.565. The van der Waals surface area contributed by atoms with E-state index in [4.69, 9.17) is 0 Å². The van der Waals surface area contributed by atoms with Crippen molar-refractivity contribution < 1.29 is 4.79 Å². The van der Waals surface area contributed by atoms with E-state index in [1.165, 1.54) is 0 Å². The Bertz CT molecular complexity index is 66.1. The number of carbonyl (C=O) groups excluding carboxylic acids is 1. The van der Waals surface area contributed by atoms with Crippen LogP contribution in [0.25, 0.3) is 0 Å². The molecule has 1 rings (SSSR count). The Morgan fingerprint density at radius 1 is 1.57 bits per heavy atom. The zero-order valence-electron chi connectivity index (χ0n) is 3.53. The summed E-state index contributed by atoms with van der Waals surface area (Å²) in [5, 5.41) is 2.68. The van der Waals surface area contributed by atoms with Crippen LogP contribution < -0.4 is 5.32 Å². The molecule has 3 heteroatoms. The SMILES string of the molecule is O=C1CCCN1.[LiH]. The van der Waals surface area contributed by atoms with Gasteiger partial charge in [0.15, 0.2) is 0 Å². The second-order valence-corrected chi connectivity index (χ2v) is 1.45. The number of hydrogen-bond acceptors (Lipinski definition) is 1. The monoisotopic (exact) mass is 93.1 g/mol. The molecule has 2 nitrogen and oxygen atoms in total. The van der Waals surface area contributed by atoms with Gasteiger partial charge in [-0.05, 0) is 6.42 Å². The molecular formula is C4H8LiNO. The minimum absolute atomic E-state index is 0. The van der Waals surface area contributed by atoms with Gasteiger partial charge in [-0.25, -0.2) is 0 Å². The predicted molar refractivity (Wildman–Crippen MR) is 29.4 cm³/mol. The standard InChI is InChI=1S/C4H7NO.Li.H/c6-4-2-1-3-5-4;;/h1-3H2,(H,5,6);;. The van der Waals surface area contributed by atoms with Crippen molar-refractivity contribution in [3.8, 4) is 0 Å². The molecule has 0 radical (unpaired) electrons. The van der Waals surface area contributed by atoms with Crippen molar-refractivity contribution in [2.24, 2.45) is 0 Å². The Balaban J connectivity index is 0.000000360. The molecule has 36 valence electrons. The van der Waals surface area contributed by atoms with Crippen LogP contribution in [-0.4, -0.2) is 31.3 Å². The zero-order valence-corrected chi connectivity index (χ0v) is 3.53. The Morgan fingerprint density at radius 3 is 2.43 bits per heavy atom. The Kier molecular flexibility index (Phi) is 3.15. The van der Waals surface area contributed by atoms with Gasteiger partial charge in [0, 0.05) is 13.0 Å². The summed E-state index contributed by atoms with van der Waals surface area (Å²) in [5.41, 5.74) is 0. The number of rotatable bonds is 0. The van der Waals surface area contributed by atoms with Gasteiger partial charge in [0.1, 0.15) is 0 Å². The van der Waals surface area contributed by atoms with Crippen molar-refractivity contribution in [3.63, 3.8) is 0 Å². The van der Waals surface area contributed by atoms with Crippen LogP contribution in [0.15, 0.2) is 0 Å². The third kappa shape index (κ3) is 2.01. The maximum atomic E-state index is 10.1. The molecule has 0 aromatic carbocycles. The second-order valence-electron chi connectivity index (χ2n) is 1.45. The van der Waals surface area contributed by atoms with E-state index in [9.17, 15) is 4.79 Å². The van der Waals surface area contributed by atoms with Crippen LogP contribution in [0.3, 0.4) is 0 Å². The van der Waals surface area contributed by atoms with Gasteiger partial charge in [0.05, 0.1) is 0 Å². The van der Waals surface area contributed by atoms with E-state index in [-0.39, 0.29) is 24.8 Å². The molecule has 0 bridgehead atoms. The summed E-state index contributed by atoms with van der Waals surface area (Å²) in [4.78, 5) is 10.1. The minimum atomic E-state index is 0. The first-order chi connectivity index (χ1) is 2.89. The van der Waals surface area contributed by atoms with Gasteiger partial charge in [0.25, 0.3) is 0 Å². The number of hydrogen-bond donors (Lipinski definition) is 1. The maximum absolute atomic E-state index is 10.1. The van der Waals surface area contributed by atoms with Crippen LogP contribution in [0.4, 0.5) is 0 Å². The average molecular weight is 93.1 g/mol. The fraction of sp³-hybridized carbons (Fsp3) is 0.750. The quantitative estimate of drug-likeness (QED) is 0.392. The molecule has 0 aliphatic carbocycles. The molecule has 0 spiro atoms. The van der Waals surface area contributed by atoms with E-state index in [1.807, 2.05) is 0 Å². The molecule has 0 aromatic rings. The van der Waals surface area contributed by atoms with Gasteiger partial charge in [-0.2, -0.15) is 0 Å². The normalized spacial score (nSPS) is 18.0. The molecule has 0 atom stereocenters. The van der Waals surface area contributed by atoms with Crippen LogP contribution in [0.1, 0.15) is 12.8 Å². The predicted octanol–water partition coefficient (Wildman–Crippen LogP) is -0.752. The van der Waals surface area contributed by atoms with E-state index >= 15 is 0 Å².